The molecule has 4 heterocycles. The number of hydrogen-bond acceptors (Lipinski definition) is 5. The van der Waals surface area contributed by atoms with Crippen molar-refractivity contribution in [2.45, 2.75) is 0 Å². The summed E-state index contributed by atoms with van der Waals surface area (Å²) < 4.78 is 5.55. The summed E-state index contributed by atoms with van der Waals surface area (Å²) in [6, 6.07) is 6.00. The maximum atomic E-state index is 5.55. The van der Waals surface area contributed by atoms with Crippen molar-refractivity contribution in [3.05, 3.63) is 36.8 Å². The summed E-state index contributed by atoms with van der Waals surface area (Å²) in [5.74, 6) is 1.85. The molecule has 24 heavy (non-hydrogen) atoms. The van der Waals surface area contributed by atoms with Crippen LogP contribution in [0.2, 0.25) is 0 Å². The van der Waals surface area contributed by atoms with Crippen LogP contribution in [0, 0.1) is 0 Å². The minimum absolute atomic E-state index is 0.824. The summed E-state index contributed by atoms with van der Waals surface area (Å²) in [4.78, 5) is 17.0. The molecule has 1 aliphatic heterocycles. The van der Waals surface area contributed by atoms with Crippen LogP contribution in [0.25, 0.3) is 22.2 Å². The van der Waals surface area contributed by atoms with Gasteiger partial charge in [-0.1, -0.05) is 0 Å². The molecule has 6 nitrogen and oxygen atoms in total. The molecule has 3 aromatic rings. The first-order valence-corrected chi connectivity index (χ1v) is 8.17. The van der Waals surface area contributed by atoms with Crippen LogP contribution in [-0.4, -0.2) is 60.2 Å². The van der Waals surface area contributed by atoms with Crippen molar-refractivity contribution in [2.24, 2.45) is 0 Å². The van der Waals surface area contributed by atoms with E-state index in [0.29, 0.717) is 0 Å². The zero-order chi connectivity index (χ0) is 16.5. The summed E-state index contributed by atoms with van der Waals surface area (Å²) >= 11 is 0. The predicted molar refractivity (Wildman–Crippen MR) is 95.6 cm³/mol. The van der Waals surface area contributed by atoms with Gasteiger partial charge in [0.2, 0.25) is 0 Å². The Labute approximate surface area is 141 Å². The van der Waals surface area contributed by atoms with Crippen molar-refractivity contribution in [3.8, 4) is 16.9 Å². The van der Waals surface area contributed by atoms with E-state index in [-0.39, 0.29) is 0 Å². The molecule has 0 bridgehead atoms. The van der Waals surface area contributed by atoms with E-state index in [9.17, 15) is 0 Å². The summed E-state index contributed by atoms with van der Waals surface area (Å²) in [5.41, 5.74) is 3.02. The standard InChI is InChI=1S/C18H21N5O/c1-22-8-10-23(11-9-22)18-13(4-3-6-20-18)14-12-21-17-16(14)15(24-2)5-7-19-17/h3-7,12H,8-11H2,1-2H3,(H,19,21). The van der Waals surface area contributed by atoms with Crippen molar-refractivity contribution in [3.63, 3.8) is 0 Å². The third-order valence-corrected chi connectivity index (χ3v) is 4.63. The van der Waals surface area contributed by atoms with Gasteiger partial charge in [0, 0.05) is 55.9 Å². The Morgan fingerprint density at radius 3 is 2.67 bits per heavy atom. The minimum atomic E-state index is 0.824. The van der Waals surface area contributed by atoms with Gasteiger partial charge in [0.1, 0.15) is 17.2 Å². The van der Waals surface area contributed by atoms with Crippen LogP contribution < -0.4 is 9.64 Å². The lowest BCUT2D eigenvalue weighted by Gasteiger charge is -2.34. The monoisotopic (exact) mass is 323 g/mol. The molecule has 0 atom stereocenters. The molecule has 0 saturated carbocycles. The van der Waals surface area contributed by atoms with Gasteiger partial charge in [0.25, 0.3) is 0 Å². The van der Waals surface area contributed by atoms with Gasteiger partial charge < -0.3 is 19.5 Å². The molecular weight excluding hydrogens is 302 g/mol. The molecule has 0 unspecified atom stereocenters. The van der Waals surface area contributed by atoms with Gasteiger partial charge in [0.05, 0.1) is 12.5 Å². The van der Waals surface area contributed by atoms with Gasteiger partial charge in [-0.15, -0.1) is 0 Å². The van der Waals surface area contributed by atoms with E-state index < -0.39 is 0 Å². The van der Waals surface area contributed by atoms with Gasteiger partial charge in [-0.3, -0.25) is 0 Å². The molecule has 0 aromatic carbocycles. The Morgan fingerprint density at radius 2 is 1.88 bits per heavy atom. The number of H-pyrrole nitrogens is 1. The molecule has 6 heteroatoms. The van der Waals surface area contributed by atoms with Crippen LogP contribution in [0.4, 0.5) is 5.82 Å². The Morgan fingerprint density at radius 1 is 1.04 bits per heavy atom. The van der Waals surface area contributed by atoms with Crippen LogP contribution in [0.1, 0.15) is 0 Å². The second-order valence-corrected chi connectivity index (χ2v) is 6.10. The SMILES string of the molecule is COc1ccnc2[nH]cc(-c3cccnc3N3CCN(C)CC3)c12. The van der Waals surface area contributed by atoms with Crippen LogP contribution in [0.5, 0.6) is 5.75 Å². The zero-order valence-electron chi connectivity index (χ0n) is 14.0. The van der Waals surface area contributed by atoms with Crippen molar-refractivity contribution in [1.82, 2.24) is 19.9 Å². The Balaban J connectivity index is 1.83. The number of nitrogens with one attached hydrogen (secondary N) is 1. The summed E-state index contributed by atoms with van der Waals surface area (Å²) in [6.07, 6.45) is 5.62. The van der Waals surface area contributed by atoms with E-state index in [0.717, 1.165) is 59.9 Å². The lowest BCUT2D eigenvalue weighted by atomic mass is 10.1. The number of rotatable bonds is 3. The van der Waals surface area contributed by atoms with Gasteiger partial charge >= 0.3 is 0 Å². The van der Waals surface area contributed by atoms with E-state index >= 15 is 0 Å². The number of hydrogen-bond donors (Lipinski definition) is 1. The van der Waals surface area contributed by atoms with Gasteiger partial charge in [-0.2, -0.15) is 0 Å². The molecule has 1 fully saturated rings. The fraction of sp³-hybridized carbons (Fsp3) is 0.333. The minimum Gasteiger partial charge on any atom is -0.496 e. The molecule has 1 aliphatic rings. The molecule has 0 aliphatic carbocycles. The first kappa shape index (κ1) is 15.0. The first-order valence-electron chi connectivity index (χ1n) is 8.17. The average Bonchev–Trinajstić information content (AvgIpc) is 3.06. The second kappa shape index (κ2) is 6.13. The maximum absolute atomic E-state index is 5.55. The predicted octanol–water partition coefficient (Wildman–Crippen LogP) is 2.39. The van der Waals surface area contributed by atoms with E-state index in [1.54, 1.807) is 13.3 Å². The fourth-order valence-electron chi connectivity index (χ4n) is 3.29. The first-order chi connectivity index (χ1) is 11.8. The zero-order valence-corrected chi connectivity index (χ0v) is 14.0. The number of ether oxygens (including phenoxy) is 1. The van der Waals surface area contributed by atoms with Crippen molar-refractivity contribution in [2.75, 3.05) is 45.2 Å². The molecule has 0 amide bonds. The number of fused-ring (bicyclic) bond motifs is 1. The summed E-state index contributed by atoms with van der Waals surface area (Å²) in [6.45, 7) is 4.07. The third-order valence-electron chi connectivity index (χ3n) is 4.63. The highest BCUT2D eigenvalue weighted by atomic mass is 16.5. The highest BCUT2D eigenvalue weighted by Gasteiger charge is 2.21. The summed E-state index contributed by atoms with van der Waals surface area (Å²) in [5, 5.41) is 1.00. The van der Waals surface area contributed by atoms with Crippen molar-refractivity contribution < 1.29 is 4.74 Å². The van der Waals surface area contributed by atoms with Crippen LogP contribution in [0.15, 0.2) is 36.8 Å². The maximum Gasteiger partial charge on any atom is 0.141 e. The smallest absolute Gasteiger partial charge is 0.141 e. The molecule has 124 valence electrons. The highest BCUT2D eigenvalue weighted by molar-refractivity contribution is 6.00. The normalized spacial score (nSPS) is 15.8. The van der Waals surface area contributed by atoms with Gasteiger partial charge in [0.15, 0.2) is 0 Å². The Bertz CT molecular complexity index is 851. The van der Waals surface area contributed by atoms with Crippen LogP contribution in [-0.2, 0) is 0 Å². The Kier molecular flexibility index (Phi) is 3.82. The lowest BCUT2D eigenvalue weighted by Crippen LogP contribution is -2.45. The number of anilines is 1. The number of pyridine rings is 2. The van der Waals surface area contributed by atoms with Crippen molar-refractivity contribution >= 4 is 16.9 Å². The second-order valence-electron chi connectivity index (χ2n) is 6.10. The average molecular weight is 323 g/mol. The third kappa shape index (κ3) is 2.49. The lowest BCUT2D eigenvalue weighted by molar-refractivity contribution is 0.312. The number of nitrogens with zero attached hydrogens (tertiary/aromatic N) is 4. The molecule has 4 rings (SSSR count). The van der Waals surface area contributed by atoms with E-state index in [2.05, 4.69) is 37.9 Å². The fourth-order valence-corrected chi connectivity index (χ4v) is 3.29. The molecule has 0 spiro atoms. The number of aromatic amines is 1. The summed E-state index contributed by atoms with van der Waals surface area (Å²) in [7, 11) is 3.85. The number of piperazine rings is 1. The van der Waals surface area contributed by atoms with E-state index in [4.69, 9.17) is 4.74 Å². The number of methoxy groups -OCH3 is 1. The molecule has 0 radical (unpaired) electrons. The number of aromatic nitrogens is 3. The molecule has 3 aromatic heterocycles. The Hall–Kier alpha value is -2.60. The number of likely N-dealkylation sites (N-methyl/N-ethyl adjacent to an activating group) is 1. The molecule has 1 saturated heterocycles. The van der Waals surface area contributed by atoms with Crippen LogP contribution >= 0.6 is 0 Å². The van der Waals surface area contributed by atoms with E-state index in [1.807, 2.05) is 24.5 Å². The van der Waals surface area contributed by atoms with E-state index in [1.165, 1.54) is 0 Å². The van der Waals surface area contributed by atoms with Gasteiger partial charge in [-0.25, -0.2) is 9.97 Å². The van der Waals surface area contributed by atoms with Crippen molar-refractivity contribution in [1.29, 1.82) is 0 Å². The highest BCUT2D eigenvalue weighted by Crippen LogP contribution is 2.38. The topological polar surface area (TPSA) is 57.3 Å². The molecule has 1 N–H and O–H groups in total. The molecular formula is C18H21N5O. The largest absolute Gasteiger partial charge is 0.496 e. The van der Waals surface area contributed by atoms with Gasteiger partial charge in [-0.05, 0) is 25.2 Å². The quantitative estimate of drug-likeness (QED) is 0.802. The van der Waals surface area contributed by atoms with Crippen LogP contribution in [0.3, 0.4) is 0 Å².